The average molecular weight is 268 g/mol. The molecule has 7 heteroatoms. The van der Waals surface area contributed by atoms with E-state index in [0.717, 1.165) is 0 Å². The molecule has 1 aliphatic carbocycles. The van der Waals surface area contributed by atoms with Gasteiger partial charge in [-0.25, -0.2) is 0 Å². The summed E-state index contributed by atoms with van der Waals surface area (Å²) in [5, 5.41) is 11.0. The minimum atomic E-state index is -0.504. The Hall–Kier alpha value is -2.02. The molecular formula is C12H16N2O5. The molecule has 0 saturated heterocycles. The molecular weight excluding hydrogens is 252 g/mol. The molecule has 0 spiro atoms. The van der Waals surface area contributed by atoms with Crippen LogP contribution in [0.5, 0.6) is 17.2 Å². The number of nitro benzene ring substituents is 1. The highest BCUT2D eigenvalue weighted by atomic mass is 16.6. The molecule has 7 nitrogen and oxygen atoms in total. The number of hydrogen-bond donors (Lipinski definition) is 1. The van der Waals surface area contributed by atoms with E-state index in [-0.39, 0.29) is 23.6 Å². The van der Waals surface area contributed by atoms with Gasteiger partial charge in [0.15, 0.2) is 11.5 Å². The number of methoxy groups -OCH3 is 2. The number of nitrogens with two attached hydrogens (primary N) is 1. The Morgan fingerprint density at radius 3 is 2.26 bits per heavy atom. The predicted octanol–water partition coefficient (Wildman–Crippen LogP) is 1.48. The monoisotopic (exact) mass is 268 g/mol. The Labute approximate surface area is 110 Å². The van der Waals surface area contributed by atoms with E-state index in [9.17, 15) is 10.1 Å². The Bertz CT molecular complexity index is 485. The van der Waals surface area contributed by atoms with Gasteiger partial charge in [0.05, 0.1) is 25.2 Å². The first-order valence-electron chi connectivity index (χ1n) is 5.87. The van der Waals surface area contributed by atoms with Crippen LogP contribution in [0.2, 0.25) is 0 Å². The molecule has 1 aromatic carbocycles. The van der Waals surface area contributed by atoms with Gasteiger partial charge in [-0.1, -0.05) is 0 Å². The molecule has 0 radical (unpaired) electrons. The molecule has 1 aromatic rings. The summed E-state index contributed by atoms with van der Waals surface area (Å²) in [5.74, 6) is 0.873. The summed E-state index contributed by atoms with van der Waals surface area (Å²) in [5.41, 5.74) is 5.52. The van der Waals surface area contributed by atoms with Gasteiger partial charge in [0.1, 0.15) is 6.10 Å². The van der Waals surface area contributed by atoms with E-state index in [0.29, 0.717) is 24.3 Å². The highest BCUT2D eigenvalue weighted by Gasteiger charge is 2.31. The molecule has 1 fully saturated rings. The van der Waals surface area contributed by atoms with Crippen molar-refractivity contribution >= 4 is 5.69 Å². The molecule has 0 aromatic heterocycles. The SMILES string of the molecule is COc1cc(OC2CC(N)C2)c([N+](=O)[O-])cc1OC. The van der Waals surface area contributed by atoms with Gasteiger partial charge in [0.2, 0.25) is 5.75 Å². The third-order valence-electron chi connectivity index (χ3n) is 3.09. The molecule has 0 aliphatic heterocycles. The first-order valence-corrected chi connectivity index (χ1v) is 5.87. The van der Waals surface area contributed by atoms with E-state index in [1.807, 2.05) is 0 Å². The second kappa shape index (κ2) is 5.31. The zero-order valence-corrected chi connectivity index (χ0v) is 10.8. The summed E-state index contributed by atoms with van der Waals surface area (Å²) in [6, 6.07) is 2.89. The highest BCUT2D eigenvalue weighted by molar-refractivity contribution is 5.58. The van der Waals surface area contributed by atoms with Gasteiger partial charge in [0, 0.05) is 12.1 Å². The van der Waals surface area contributed by atoms with Gasteiger partial charge < -0.3 is 19.9 Å². The van der Waals surface area contributed by atoms with Crippen molar-refractivity contribution in [3.8, 4) is 17.2 Å². The van der Waals surface area contributed by atoms with Gasteiger partial charge in [-0.15, -0.1) is 0 Å². The largest absolute Gasteiger partial charge is 0.493 e. The van der Waals surface area contributed by atoms with Crippen molar-refractivity contribution in [2.45, 2.75) is 25.0 Å². The van der Waals surface area contributed by atoms with E-state index in [4.69, 9.17) is 19.9 Å². The van der Waals surface area contributed by atoms with Crippen LogP contribution in [0.15, 0.2) is 12.1 Å². The Balaban J connectivity index is 2.31. The summed E-state index contributed by atoms with van der Waals surface area (Å²) in [7, 11) is 2.89. The number of nitro groups is 1. The van der Waals surface area contributed by atoms with Crippen molar-refractivity contribution in [2.75, 3.05) is 14.2 Å². The number of nitrogens with zero attached hydrogens (tertiary/aromatic N) is 1. The first kappa shape index (κ1) is 13.4. The molecule has 104 valence electrons. The summed E-state index contributed by atoms with van der Waals surface area (Å²) >= 11 is 0. The number of ether oxygens (including phenoxy) is 3. The van der Waals surface area contributed by atoms with Crippen LogP contribution in [0.4, 0.5) is 5.69 Å². The van der Waals surface area contributed by atoms with Gasteiger partial charge in [-0.2, -0.15) is 0 Å². The number of benzene rings is 1. The lowest BCUT2D eigenvalue weighted by Gasteiger charge is -2.32. The third kappa shape index (κ3) is 2.70. The van der Waals surface area contributed by atoms with E-state index in [1.54, 1.807) is 0 Å². The van der Waals surface area contributed by atoms with Gasteiger partial charge >= 0.3 is 5.69 Å². The van der Waals surface area contributed by atoms with Gasteiger partial charge in [-0.3, -0.25) is 10.1 Å². The zero-order valence-electron chi connectivity index (χ0n) is 10.8. The summed E-state index contributed by atoms with van der Waals surface area (Å²) in [6.45, 7) is 0. The number of hydrogen-bond acceptors (Lipinski definition) is 6. The molecule has 19 heavy (non-hydrogen) atoms. The zero-order chi connectivity index (χ0) is 14.0. The van der Waals surface area contributed by atoms with Crippen LogP contribution >= 0.6 is 0 Å². The summed E-state index contributed by atoms with van der Waals surface area (Å²) in [6.07, 6.45) is 1.32. The van der Waals surface area contributed by atoms with E-state index < -0.39 is 4.92 Å². The standard InChI is InChI=1S/C12H16N2O5/c1-17-11-5-9(14(15)16)10(6-12(11)18-2)19-8-3-7(13)4-8/h5-8H,3-4,13H2,1-2H3. The van der Waals surface area contributed by atoms with Gasteiger partial charge in [-0.05, 0) is 12.8 Å². The van der Waals surface area contributed by atoms with Crippen LogP contribution in [0.1, 0.15) is 12.8 Å². The molecule has 1 saturated carbocycles. The second-order valence-electron chi connectivity index (χ2n) is 4.40. The van der Waals surface area contributed by atoms with E-state index in [1.165, 1.54) is 26.4 Å². The molecule has 2 rings (SSSR count). The van der Waals surface area contributed by atoms with Crippen molar-refractivity contribution in [1.82, 2.24) is 0 Å². The van der Waals surface area contributed by atoms with Crippen molar-refractivity contribution < 1.29 is 19.1 Å². The minimum Gasteiger partial charge on any atom is -0.493 e. The third-order valence-corrected chi connectivity index (χ3v) is 3.09. The Morgan fingerprint density at radius 2 is 1.79 bits per heavy atom. The molecule has 0 atom stereocenters. The normalized spacial score (nSPS) is 21.4. The van der Waals surface area contributed by atoms with Crippen LogP contribution in [0.3, 0.4) is 0 Å². The quantitative estimate of drug-likeness (QED) is 0.641. The molecule has 0 amide bonds. The lowest BCUT2D eigenvalue weighted by atomic mass is 9.90. The van der Waals surface area contributed by atoms with Crippen molar-refractivity contribution in [3.63, 3.8) is 0 Å². The fraction of sp³-hybridized carbons (Fsp3) is 0.500. The maximum atomic E-state index is 11.0. The van der Waals surface area contributed by atoms with E-state index in [2.05, 4.69) is 0 Å². The Kier molecular flexibility index (Phi) is 3.75. The summed E-state index contributed by atoms with van der Waals surface area (Å²) in [4.78, 5) is 10.5. The smallest absolute Gasteiger partial charge is 0.314 e. The van der Waals surface area contributed by atoms with Crippen LogP contribution in [-0.4, -0.2) is 31.3 Å². The molecule has 0 heterocycles. The van der Waals surface area contributed by atoms with Crippen molar-refractivity contribution in [1.29, 1.82) is 0 Å². The molecule has 0 bridgehead atoms. The fourth-order valence-electron chi connectivity index (χ4n) is 1.97. The maximum Gasteiger partial charge on any atom is 0.314 e. The fourth-order valence-corrected chi connectivity index (χ4v) is 1.97. The molecule has 0 unspecified atom stereocenters. The summed E-state index contributed by atoms with van der Waals surface area (Å²) < 4.78 is 15.8. The highest BCUT2D eigenvalue weighted by Crippen LogP contribution is 2.40. The lowest BCUT2D eigenvalue weighted by molar-refractivity contribution is -0.386. The van der Waals surface area contributed by atoms with Crippen LogP contribution < -0.4 is 19.9 Å². The average Bonchev–Trinajstić information content (AvgIpc) is 2.35. The molecule has 1 aliphatic rings. The van der Waals surface area contributed by atoms with Crippen molar-refractivity contribution in [3.05, 3.63) is 22.2 Å². The lowest BCUT2D eigenvalue weighted by Crippen LogP contribution is -2.43. The van der Waals surface area contributed by atoms with Crippen molar-refractivity contribution in [2.24, 2.45) is 5.73 Å². The van der Waals surface area contributed by atoms with Crippen LogP contribution in [0.25, 0.3) is 0 Å². The topological polar surface area (TPSA) is 96.9 Å². The van der Waals surface area contributed by atoms with Crippen LogP contribution in [-0.2, 0) is 0 Å². The molecule has 2 N–H and O–H groups in total. The van der Waals surface area contributed by atoms with Gasteiger partial charge in [0.25, 0.3) is 0 Å². The first-order chi connectivity index (χ1) is 9.05. The van der Waals surface area contributed by atoms with E-state index >= 15 is 0 Å². The predicted molar refractivity (Wildman–Crippen MR) is 67.8 cm³/mol. The van der Waals surface area contributed by atoms with Crippen LogP contribution in [0, 0.1) is 10.1 Å². The maximum absolute atomic E-state index is 11.0. The number of rotatable bonds is 5. The Morgan fingerprint density at radius 1 is 1.21 bits per heavy atom. The minimum absolute atomic E-state index is 0.0770. The second-order valence-corrected chi connectivity index (χ2v) is 4.40.